The number of rotatable bonds is 3. The fraction of sp³-hybridized carbons (Fsp3) is 0.562. The molecule has 0 atom stereocenters. The Kier molecular flexibility index (Phi) is 4.10. The maximum atomic E-state index is 12.2. The zero-order valence-corrected chi connectivity index (χ0v) is 12.4. The van der Waals surface area contributed by atoms with E-state index in [9.17, 15) is 18.0 Å². The van der Waals surface area contributed by atoms with Crippen molar-refractivity contribution in [2.75, 3.05) is 13.2 Å². The normalized spacial score (nSPS) is 22.9. The third-order valence-corrected chi connectivity index (χ3v) is 4.61. The van der Waals surface area contributed by atoms with Gasteiger partial charge in [0.2, 0.25) is 0 Å². The predicted octanol–water partition coefficient (Wildman–Crippen LogP) is 3.34. The van der Waals surface area contributed by atoms with E-state index >= 15 is 0 Å². The molecule has 1 heterocycles. The lowest BCUT2D eigenvalue weighted by Gasteiger charge is -2.40. The van der Waals surface area contributed by atoms with Crippen molar-refractivity contribution in [2.24, 2.45) is 0 Å². The highest BCUT2D eigenvalue weighted by Gasteiger charge is 2.47. The topological polar surface area (TPSA) is 44.8 Å². The van der Waals surface area contributed by atoms with Crippen molar-refractivity contribution in [3.05, 3.63) is 29.8 Å². The van der Waals surface area contributed by atoms with E-state index in [-0.39, 0.29) is 5.75 Å². The summed E-state index contributed by atoms with van der Waals surface area (Å²) in [4.78, 5) is 11.7. The van der Waals surface area contributed by atoms with Crippen molar-refractivity contribution in [3.63, 3.8) is 0 Å². The SMILES string of the molecule is O=CC1(c2ccc(OC(F)(F)F)cc2)CCC2(CC1)OCCO2. The summed E-state index contributed by atoms with van der Waals surface area (Å²) >= 11 is 0. The van der Waals surface area contributed by atoms with Crippen molar-refractivity contribution >= 4 is 6.29 Å². The van der Waals surface area contributed by atoms with Gasteiger partial charge in [-0.3, -0.25) is 0 Å². The number of alkyl halides is 3. The number of carbonyl (C=O) groups is 1. The Hall–Kier alpha value is -1.60. The fourth-order valence-electron chi connectivity index (χ4n) is 3.33. The first-order valence-electron chi connectivity index (χ1n) is 7.47. The summed E-state index contributed by atoms with van der Waals surface area (Å²) in [6.07, 6.45) is -1.59. The number of ether oxygens (including phenoxy) is 3. The maximum absolute atomic E-state index is 12.2. The van der Waals surface area contributed by atoms with Crippen molar-refractivity contribution in [3.8, 4) is 5.75 Å². The first-order valence-corrected chi connectivity index (χ1v) is 7.47. The quantitative estimate of drug-likeness (QED) is 0.798. The third-order valence-electron chi connectivity index (χ3n) is 4.61. The van der Waals surface area contributed by atoms with Crippen LogP contribution in [0, 0.1) is 0 Å². The van der Waals surface area contributed by atoms with Crippen LogP contribution in [0.5, 0.6) is 5.75 Å². The molecule has 0 amide bonds. The Bertz CT molecular complexity index is 552. The highest BCUT2D eigenvalue weighted by Crippen LogP contribution is 2.45. The van der Waals surface area contributed by atoms with E-state index in [0.29, 0.717) is 44.5 Å². The first-order chi connectivity index (χ1) is 10.9. The molecule has 2 aliphatic rings. The van der Waals surface area contributed by atoms with E-state index in [0.717, 1.165) is 6.29 Å². The Morgan fingerprint density at radius 2 is 1.57 bits per heavy atom. The molecule has 4 nitrogen and oxygen atoms in total. The van der Waals surface area contributed by atoms with Gasteiger partial charge in [-0.2, -0.15) is 0 Å². The monoisotopic (exact) mass is 330 g/mol. The molecule has 3 rings (SSSR count). The molecule has 0 radical (unpaired) electrons. The second-order valence-corrected chi connectivity index (χ2v) is 5.95. The summed E-state index contributed by atoms with van der Waals surface area (Å²) in [5.74, 6) is -0.886. The zero-order valence-electron chi connectivity index (χ0n) is 12.4. The number of aldehydes is 1. The van der Waals surface area contributed by atoms with Crippen LogP contribution < -0.4 is 4.74 Å². The van der Waals surface area contributed by atoms with Crippen molar-refractivity contribution in [1.82, 2.24) is 0 Å². The highest BCUT2D eigenvalue weighted by atomic mass is 19.4. The molecule has 0 unspecified atom stereocenters. The third kappa shape index (κ3) is 3.35. The lowest BCUT2D eigenvalue weighted by Crippen LogP contribution is -2.43. The lowest BCUT2D eigenvalue weighted by molar-refractivity contribution is -0.274. The van der Waals surface area contributed by atoms with Gasteiger partial charge in [-0.05, 0) is 30.5 Å². The van der Waals surface area contributed by atoms with Gasteiger partial charge < -0.3 is 19.0 Å². The van der Waals surface area contributed by atoms with Gasteiger partial charge in [-0.1, -0.05) is 12.1 Å². The van der Waals surface area contributed by atoms with E-state index in [2.05, 4.69) is 4.74 Å². The molecule has 1 saturated carbocycles. The van der Waals surface area contributed by atoms with Gasteiger partial charge in [0.25, 0.3) is 0 Å². The smallest absolute Gasteiger partial charge is 0.406 e. The summed E-state index contributed by atoms with van der Waals surface area (Å²) in [7, 11) is 0. The van der Waals surface area contributed by atoms with Crippen LogP contribution in [0.15, 0.2) is 24.3 Å². The second-order valence-electron chi connectivity index (χ2n) is 5.95. The van der Waals surface area contributed by atoms with Crippen LogP contribution >= 0.6 is 0 Å². The van der Waals surface area contributed by atoms with E-state index < -0.39 is 17.6 Å². The summed E-state index contributed by atoms with van der Waals surface area (Å²) in [6.45, 7) is 1.11. The van der Waals surface area contributed by atoms with Crippen LogP contribution in [0.2, 0.25) is 0 Å². The van der Waals surface area contributed by atoms with E-state index in [1.54, 1.807) is 0 Å². The van der Waals surface area contributed by atoms with Gasteiger partial charge in [-0.25, -0.2) is 0 Å². The minimum atomic E-state index is -4.72. The number of halogens is 3. The fourth-order valence-corrected chi connectivity index (χ4v) is 3.33. The Labute approximate surface area is 131 Å². The Balaban J connectivity index is 1.75. The summed E-state index contributed by atoms with van der Waals surface area (Å²) in [6, 6.07) is 5.51. The Morgan fingerprint density at radius 1 is 1.00 bits per heavy atom. The number of hydrogen-bond acceptors (Lipinski definition) is 4. The van der Waals surface area contributed by atoms with E-state index in [4.69, 9.17) is 9.47 Å². The van der Waals surface area contributed by atoms with E-state index in [1.165, 1.54) is 24.3 Å². The molecular formula is C16H17F3O4. The summed E-state index contributed by atoms with van der Waals surface area (Å²) in [5, 5.41) is 0. The second kappa shape index (κ2) is 5.79. The molecule has 1 aliphatic carbocycles. The van der Waals surface area contributed by atoms with Crippen LogP contribution in [0.3, 0.4) is 0 Å². The van der Waals surface area contributed by atoms with Gasteiger partial charge in [0.1, 0.15) is 12.0 Å². The molecule has 1 spiro atoms. The van der Waals surface area contributed by atoms with Gasteiger partial charge in [0, 0.05) is 12.8 Å². The maximum Gasteiger partial charge on any atom is 0.573 e. The molecule has 1 aliphatic heterocycles. The molecule has 126 valence electrons. The van der Waals surface area contributed by atoms with Gasteiger partial charge in [-0.15, -0.1) is 13.2 Å². The first kappa shape index (κ1) is 16.3. The van der Waals surface area contributed by atoms with Crippen LogP contribution in [-0.2, 0) is 19.7 Å². The highest BCUT2D eigenvalue weighted by molar-refractivity contribution is 5.69. The van der Waals surface area contributed by atoms with Crippen LogP contribution in [0.25, 0.3) is 0 Å². The minimum absolute atomic E-state index is 0.294. The molecule has 0 N–H and O–H groups in total. The minimum Gasteiger partial charge on any atom is -0.406 e. The summed E-state index contributed by atoms with van der Waals surface area (Å²) < 4.78 is 51.8. The molecule has 2 fully saturated rings. The number of benzene rings is 1. The molecule has 7 heteroatoms. The molecule has 1 aromatic carbocycles. The van der Waals surface area contributed by atoms with Crippen LogP contribution in [0.4, 0.5) is 13.2 Å². The average molecular weight is 330 g/mol. The lowest BCUT2D eigenvalue weighted by atomic mass is 9.69. The number of carbonyl (C=O) groups excluding carboxylic acids is 1. The molecular weight excluding hydrogens is 313 g/mol. The molecule has 23 heavy (non-hydrogen) atoms. The van der Waals surface area contributed by atoms with Crippen LogP contribution in [-0.4, -0.2) is 31.6 Å². The van der Waals surface area contributed by atoms with Gasteiger partial charge in [0.05, 0.1) is 18.6 Å². The summed E-state index contributed by atoms with van der Waals surface area (Å²) in [5.41, 5.74) is -0.0213. The predicted molar refractivity (Wildman–Crippen MR) is 74.0 cm³/mol. The molecule has 0 aromatic heterocycles. The van der Waals surface area contributed by atoms with Crippen molar-refractivity contribution in [2.45, 2.75) is 43.2 Å². The molecule has 1 saturated heterocycles. The van der Waals surface area contributed by atoms with E-state index in [1.807, 2.05) is 0 Å². The molecule has 1 aromatic rings. The van der Waals surface area contributed by atoms with Crippen LogP contribution in [0.1, 0.15) is 31.2 Å². The zero-order chi connectivity index (χ0) is 16.6. The van der Waals surface area contributed by atoms with Crippen molar-refractivity contribution in [1.29, 1.82) is 0 Å². The van der Waals surface area contributed by atoms with Gasteiger partial charge in [0.15, 0.2) is 5.79 Å². The largest absolute Gasteiger partial charge is 0.573 e. The average Bonchev–Trinajstić information content (AvgIpc) is 2.96. The van der Waals surface area contributed by atoms with Crippen molar-refractivity contribution < 1.29 is 32.2 Å². The number of hydrogen-bond donors (Lipinski definition) is 0. The standard InChI is InChI=1S/C16H17F3O4/c17-16(18,19)23-13-3-1-12(2-4-13)14(11-20)5-7-15(8-6-14)21-9-10-22-15/h1-4,11H,5-10H2. The molecule has 0 bridgehead atoms. The Morgan fingerprint density at radius 3 is 2.04 bits per heavy atom. The van der Waals surface area contributed by atoms with Gasteiger partial charge >= 0.3 is 6.36 Å².